The van der Waals surface area contributed by atoms with E-state index < -0.39 is 6.17 Å². The molecule has 154 valence electrons. The van der Waals surface area contributed by atoms with Crippen LogP contribution in [0.3, 0.4) is 0 Å². The molecule has 30 heavy (non-hydrogen) atoms. The maximum absolute atomic E-state index is 13.9. The van der Waals surface area contributed by atoms with Crippen LogP contribution in [-0.2, 0) is 0 Å². The molecule has 1 N–H and O–H groups in total. The van der Waals surface area contributed by atoms with E-state index in [9.17, 15) is 9.18 Å². The van der Waals surface area contributed by atoms with Gasteiger partial charge >= 0.3 is 0 Å². The van der Waals surface area contributed by atoms with Gasteiger partial charge in [-0.3, -0.25) is 9.78 Å². The number of nitrogens with zero attached hydrogens (tertiary/aromatic N) is 4. The van der Waals surface area contributed by atoms with Crippen LogP contribution >= 0.6 is 0 Å². The lowest BCUT2D eigenvalue weighted by Crippen LogP contribution is -2.26. The number of nitrogens with one attached hydrogen (secondary N) is 1. The number of carbonyl (C=O) groups is 1. The minimum Gasteiger partial charge on any atom is -0.353 e. The van der Waals surface area contributed by atoms with Crippen molar-refractivity contribution in [2.75, 3.05) is 23.3 Å². The number of hydrogen-bond acceptors (Lipinski definition) is 5. The average Bonchev–Trinajstić information content (AvgIpc) is 3.20. The Morgan fingerprint density at radius 2 is 1.93 bits per heavy atom. The molecule has 4 rings (SSSR count). The van der Waals surface area contributed by atoms with Crippen LogP contribution in [0.1, 0.15) is 42.2 Å². The van der Waals surface area contributed by atoms with E-state index in [1.807, 2.05) is 47.4 Å². The van der Waals surface area contributed by atoms with E-state index in [2.05, 4.69) is 34.1 Å². The van der Waals surface area contributed by atoms with E-state index in [0.29, 0.717) is 41.6 Å². The maximum Gasteiger partial charge on any atom is 0.261 e. The van der Waals surface area contributed by atoms with Crippen LogP contribution in [0.4, 0.5) is 15.9 Å². The summed E-state index contributed by atoms with van der Waals surface area (Å²) in [5, 5.41) is 2.91. The van der Waals surface area contributed by atoms with E-state index in [1.54, 1.807) is 6.20 Å². The summed E-state index contributed by atoms with van der Waals surface area (Å²) in [6, 6.07) is 13.2. The molecule has 1 fully saturated rings. The fraction of sp³-hybridized carbons (Fsp3) is 0.304. The Bertz CT molecular complexity index is 1020. The molecular weight excluding hydrogens is 381 g/mol. The molecule has 1 amide bonds. The zero-order chi connectivity index (χ0) is 21.1. The molecule has 0 spiro atoms. The van der Waals surface area contributed by atoms with E-state index in [4.69, 9.17) is 0 Å². The molecular formula is C23H24FN5O. The number of carbonyl (C=O) groups excluding carboxylic acids is 1. The SMILES string of the molecule is CC(C)c1ccc(NC(=O)c2c(-c3ccccc3)ncnc2N2CC[C@H](F)C2)cn1. The molecule has 1 atom stereocenters. The smallest absolute Gasteiger partial charge is 0.261 e. The van der Waals surface area contributed by atoms with Crippen molar-refractivity contribution in [2.45, 2.75) is 32.4 Å². The van der Waals surface area contributed by atoms with Crippen LogP contribution in [0.15, 0.2) is 55.0 Å². The second kappa shape index (κ2) is 8.57. The first-order valence-corrected chi connectivity index (χ1v) is 10.1. The number of amides is 1. The molecule has 7 heteroatoms. The third-order valence-electron chi connectivity index (χ3n) is 5.17. The Hall–Kier alpha value is -3.35. The topological polar surface area (TPSA) is 71.0 Å². The molecule has 1 saturated heterocycles. The molecule has 0 bridgehead atoms. The molecule has 1 aromatic carbocycles. The molecule has 0 unspecified atom stereocenters. The Kier molecular flexibility index (Phi) is 5.70. The van der Waals surface area contributed by atoms with Gasteiger partial charge in [-0.05, 0) is 24.5 Å². The average molecular weight is 405 g/mol. The highest BCUT2D eigenvalue weighted by Crippen LogP contribution is 2.31. The molecule has 0 radical (unpaired) electrons. The first-order valence-electron chi connectivity index (χ1n) is 10.1. The highest BCUT2D eigenvalue weighted by atomic mass is 19.1. The first kappa shape index (κ1) is 19.9. The predicted molar refractivity (Wildman–Crippen MR) is 115 cm³/mol. The summed E-state index contributed by atoms with van der Waals surface area (Å²) in [6.45, 7) is 4.86. The van der Waals surface area contributed by atoms with Gasteiger partial charge in [0.1, 0.15) is 23.9 Å². The number of pyridine rings is 1. The third-order valence-corrected chi connectivity index (χ3v) is 5.17. The van der Waals surface area contributed by atoms with E-state index in [-0.39, 0.29) is 12.5 Å². The fourth-order valence-corrected chi connectivity index (χ4v) is 3.56. The van der Waals surface area contributed by atoms with Crippen molar-refractivity contribution in [3.05, 3.63) is 66.2 Å². The standard InChI is InChI=1S/C23H24FN5O/c1-15(2)19-9-8-18(12-25-19)28-23(30)20-21(16-6-4-3-5-7-16)26-14-27-22(20)29-11-10-17(24)13-29/h3-9,12,14-15,17H,10-11,13H2,1-2H3,(H,28,30)/t17-/m0/s1. The van der Waals surface area contributed by atoms with Crippen molar-refractivity contribution in [3.63, 3.8) is 0 Å². The predicted octanol–water partition coefficient (Wildman–Crippen LogP) is 4.46. The molecule has 3 heterocycles. The quantitative estimate of drug-likeness (QED) is 0.678. The number of benzene rings is 1. The van der Waals surface area contributed by atoms with Crippen LogP contribution in [0.2, 0.25) is 0 Å². The molecule has 6 nitrogen and oxygen atoms in total. The molecule has 2 aromatic heterocycles. The second-order valence-electron chi connectivity index (χ2n) is 7.70. The lowest BCUT2D eigenvalue weighted by Gasteiger charge is -2.21. The van der Waals surface area contributed by atoms with Gasteiger partial charge in [-0.15, -0.1) is 0 Å². The number of hydrogen-bond donors (Lipinski definition) is 1. The summed E-state index contributed by atoms with van der Waals surface area (Å²) >= 11 is 0. The normalized spacial score (nSPS) is 16.1. The fourth-order valence-electron chi connectivity index (χ4n) is 3.56. The highest BCUT2D eigenvalue weighted by molar-refractivity contribution is 6.11. The van der Waals surface area contributed by atoms with Crippen LogP contribution in [-0.4, -0.2) is 40.1 Å². The number of anilines is 2. The first-order chi connectivity index (χ1) is 14.5. The molecule has 1 aliphatic heterocycles. The van der Waals surface area contributed by atoms with E-state index in [0.717, 1.165) is 11.3 Å². The molecule has 0 saturated carbocycles. The van der Waals surface area contributed by atoms with Gasteiger partial charge in [0.2, 0.25) is 0 Å². The second-order valence-corrected chi connectivity index (χ2v) is 7.70. The zero-order valence-corrected chi connectivity index (χ0v) is 17.0. The number of aromatic nitrogens is 3. The van der Waals surface area contributed by atoms with Crippen LogP contribution in [0.25, 0.3) is 11.3 Å². The van der Waals surface area contributed by atoms with Gasteiger partial charge in [0.25, 0.3) is 5.91 Å². The number of halogens is 1. The van der Waals surface area contributed by atoms with Gasteiger partial charge in [0.05, 0.1) is 24.1 Å². The van der Waals surface area contributed by atoms with Gasteiger partial charge in [0.15, 0.2) is 0 Å². The van der Waals surface area contributed by atoms with Crippen molar-refractivity contribution in [1.82, 2.24) is 15.0 Å². The number of alkyl halides is 1. The van der Waals surface area contributed by atoms with Crippen LogP contribution in [0.5, 0.6) is 0 Å². The van der Waals surface area contributed by atoms with Crippen molar-refractivity contribution >= 4 is 17.4 Å². The Morgan fingerprint density at radius 1 is 1.13 bits per heavy atom. The van der Waals surface area contributed by atoms with Gasteiger partial charge in [-0.2, -0.15) is 0 Å². The lowest BCUT2D eigenvalue weighted by molar-refractivity contribution is 0.102. The van der Waals surface area contributed by atoms with Crippen molar-refractivity contribution in [2.24, 2.45) is 0 Å². The van der Waals surface area contributed by atoms with Gasteiger partial charge in [-0.1, -0.05) is 44.2 Å². The van der Waals surface area contributed by atoms with Gasteiger partial charge < -0.3 is 10.2 Å². The zero-order valence-electron chi connectivity index (χ0n) is 17.0. The Labute approximate surface area is 175 Å². The van der Waals surface area contributed by atoms with E-state index in [1.165, 1.54) is 6.33 Å². The number of rotatable bonds is 5. The summed E-state index contributed by atoms with van der Waals surface area (Å²) in [6.07, 6.45) is 2.57. The highest BCUT2D eigenvalue weighted by Gasteiger charge is 2.29. The molecule has 1 aliphatic rings. The third kappa shape index (κ3) is 4.15. The monoisotopic (exact) mass is 405 g/mol. The van der Waals surface area contributed by atoms with Gasteiger partial charge in [0, 0.05) is 17.8 Å². The largest absolute Gasteiger partial charge is 0.353 e. The van der Waals surface area contributed by atoms with E-state index >= 15 is 0 Å². The molecule has 3 aromatic rings. The summed E-state index contributed by atoms with van der Waals surface area (Å²) in [5.41, 5.74) is 3.20. The Balaban J connectivity index is 1.73. The van der Waals surface area contributed by atoms with Crippen LogP contribution < -0.4 is 10.2 Å². The summed E-state index contributed by atoms with van der Waals surface area (Å²) in [7, 11) is 0. The van der Waals surface area contributed by atoms with Crippen molar-refractivity contribution < 1.29 is 9.18 Å². The minimum atomic E-state index is -0.927. The minimum absolute atomic E-state index is 0.218. The maximum atomic E-state index is 13.9. The van der Waals surface area contributed by atoms with Crippen molar-refractivity contribution in [3.8, 4) is 11.3 Å². The summed E-state index contributed by atoms with van der Waals surface area (Å²) in [5.74, 6) is 0.413. The summed E-state index contributed by atoms with van der Waals surface area (Å²) < 4.78 is 13.9. The van der Waals surface area contributed by atoms with Crippen LogP contribution in [0, 0.1) is 0 Å². The molecule has 0 aliphatic carbocycles. The lowest BCUT2D eigenvalue weighted by atomic mass is 10.0. The summed E-state index contributed by atoms with van der Waals surface area (Å²) in [4.78, 5) is 28.3. The van der Waals surface area contributed by atoms with Gasteiger partial charge in [-0.25, -0.2) is 14.4 Å². The van der Waals surface area contributed by atoms with Crippen molar-refractivity contribution in [1.29, 1.82) is 0 Å². The Morgan fingerprint density at radius 3 is 2.57 bits per heavy atom.